The quantitative estimate of drug-likeness (QED) is 0.800. The number of rotatable bonds is 3. The summed E-state index contributed by atoms with van der Waals surface area (Å²) in [6.45, 7) is 5.49. The number of nitriles is 1. The average Bonchev–Trinajstić information content (AvgIpc) is 3.01. The lowest BCUT2D eigenvalue weighted by atomic mass is 10.1. The Morgan fingerprint density at radius 2 is 2.13 bits per heavy atom. The van der Waals surface area contributed by atoms with E-state index in [1.807, 2.05) is 31.2 Å². The summed E-state index contributed by atoms with van der Waals surface area (Å²) in [5.41, 5.74) is 3.33. The number of nitrogens with one attached hydrogen (secondary N) is 1. The molecule has 1 aromatic carbocycles. The number of aromatic nitrogens is 1. The van der Waals surface area contributed by atoms with Gasteiger partial charge in [0, 0.05) is 10.9 Å². The van der Waals surface area contributed by atoms with Crippen molar-refractivity contribution < 1.29 is 13.7 Å². The monoisotopic (exact) mass is 309 g/mol. The van der Waals surface area contributed by atoms with E-state index in [9.17, 15) is 4.79 Å². The second-order valence-electron chi connectivity index (χ2n) is 5.45. The maximum absolute atomic E-state index is 12.2. The molecule has 0 aliphatic carbocycles. The highest BCUT2D eigenvalue weighted by atomic mass is 16.5. The predicted octanol–water partition coefficient (Wildman–Crippen LogP) is 3.40. The Bertz CT molecular complexity index is 944. The molecule has 0 atom stereocenters. The van der Waals surface area contributed by atoms with Crippen molar-refractivity contribution in [1.82, 2.24) is 5.16 Å². The molecule has 0 unspecified atom stereocenters. The van der Waals surface area contributed by atoms with Crippen LogP contribution in [0.25, 0.3) is 11.0 Å². The van der Waals surface area contributed by atoms with Crippen molar-refractivity contribution in [3.63, 3.8) is 0 Å². The number of carbonyl (C=O) groups excluding carboxylic acids is 1. The van der Waals surface area contributed by atoms with Crippen molar-refractivity contribution >= 4 is 22.8 Å². The number of anilines is 1. The molecule has 116 valence electrons. The van der Waals surface area contributed by atoms with Crippen LogP contribution in [0.1, 0.15) is 28.1 Å². The molecule has 0 saturated heterocycles. The summed E-state index contributed by atoms with van der Waals surface area (Å²) in [5, 5.41) is 16.6. The van der Waals surface area contributed by atoms with E-state index in [-0.39, 0.29) is 18.2 Å². The number of benzene rings is 1. The van der Waals surface area contributed by atoms with Crippen LogP contribution in [-0.4, -0.2) is 11.1 Å². The number of aryl methyl sites for hydroxylation is 2. The second-order valence-corrected chi connectivity index (χ2v) is 5.45. The molecule has 0 fully saturated rings. The predicted molar refractivity (Wildman–Crippen MR) is 84.0 cm³/mol. The Balaban J connectivity index is 1.83. The zero-order valence-corrected chi connectivity index (χ0v) is 13.1. The van der Waals surface area contributed by atoms with Gasteiger partial charge in [-0.15, -0.1) is 0 Å². The molecule has 3 aromatic rings. The Morgan fingerprint density at radius 3 is 2.87 bits per heavy atom. The van der Waals surface area contributed by atoms with Crippen molar-refractivity contribution in [2.45, 2.75) is 27.2 Å². The molecule has 2 aromatic heterocycles. The van der Waals surface area contributed by atoms with Crippen LogP contribution >= 0.6 is 0 Å². The summed E-state index contributed by atoms with van der Waals surface area (Å²) in [5.74, 6) is 0.475. The van der Waals surface area contributed by atoms with E-state index in [2.05, 4.69) is 10.5 Å². The van der Waals surface area contributed by atoms with Crippen LogP contribution < -0.4 is 5.32 Å². The van der Waals surface area contributed by atoms with Crippen molar-refractivity contribution in [3.8, 4) is 6.07 Å². The summed E-state index contributed by atoms with van der Waals surface area (Å²) in [6.07, 6.45) is 0.0418. The van der Waals surface area contributed by atoms with E-state index < -0.39 is 0 Å². The van der Waals surface area contributed by atoms with Crippen LogP contribution in [0.4, 0.5) is 5.88 Å². The topological polar surface area (TPSA) is 92.1 Å². The molecule has 23 heavy (non-hydrogen) atoms. The second kappa shape index (κ2) is 5.61. The highest BCUT2D eigenvalue weighted by molar-refractivity contribution is 5.94. The maximum Gasteiger partial charge on any atom is 0.232 e. The first kappa shape index (κ1) is 14.9. The van der Waals surface area contributed by atoms with Gasteiger partial charge in [0.05, 0.1) is 6.42 Å². The number of fused-ring (bicyclic) bond motifs is 1. The van der Waals surface area contributed by atoms with E-state index in [1.165, 1.54) is 0 Å². The molecule has 2 heterocycles. The average molecular weight is 309 g/mol. The number of amides is 1. The van der Waals surface area contributed by atoms with Crippen LogP contribution in [0.15, 0.2) is 27.1 Å². The number of hydrogen-bond acceptors (Lipinski definition) is 5. The van der Waals surface area contributed by atoms with Gasteiger partial charge >= 0.3 is 0 Å². The van der Waals surface area contributed by atoms with E-state index in [1.54, 1.807) is 13.8 Å². The summed E-state index contributed by atoms with van der Waals surface area (Å²) in [7, 11) is 0. The molecule has 6 heteroatoms. The number of carbonyl (C=O) groups is 1. The molecule has 0 saturated carbocycles. The third-order valence-electron chi connectivity index (χ3n) is 3.78. The fourth-order valence-corrected chi connectivity index (χ4v) is 2.40. The minimum Gasteiger partial charge on any atom is -0.444 e. The van der Waals surface area contributed by atoms with Crippen molar-refractivity contribution in [3.05, 3.63) is 46.3 Å². The van der Waals surface area contributed by atoms with Gasteiger partial charge in [-0.25, -0.2) is 0 Å². The van der Waals surface area contributed by atoms with Crippen LogP contribution in [0.5, 0.6) is 0 Å². The van der Waals surface area contributed by atoms with Crippen LogP contribution in [0.2, 0.25) is 0 Å². The number of nitrogens with zero attached hydrogens (tertiary/aromatic N) is 2. The van der Waals surface area contributed by atoms with Crippen LogP contribution in [0, 0.1) is 32.1 Å². The van der Waals surface area contributed by atoms with Crippen molar-refractivity contribution in [2.24, 2.45) is 0 Å². The van der Waals surface area contributed by atoms with Gasteiger partial charge in [0.25, 0.3) is 0 Å². The lowest BCUT2D eigenvalue weighted by molar-refractivity contribution is -0.115. The molecule has 0 aliphatic rings. The highest BCUT2D eigenvalue weighted by Crippen LogP contribution is 2.26. The third-order valence-corrected chi connectivity index (χ3v) is 3.78. The summed E-state index contributed by atoms with van der Waals surface area (Å²) in [4.78, 5) is 12.2. The molecule has 0 aliphatic heterocycles. The largest absolute Gasteiger partial charge is 0.444 e. The van der Waals surface area contributed by atoms with E-state index in [4.69, 9.17) is 14.2 Å². The fourth-order valence-electron chi connectivity index (χ4n) is 2.40. The van der Waals surface area contributed by atoms with Crippen molar-refractivity contribution in [1.29, 1.82) is 5.26 Å². The van der Waals surface area contributed by atoms with Crippen LogP contribution in [0.3, 0.4) is 0 Å². The first-order chi connectivity index (χ1) is 11.0. The third kappa shape index (κ3) is 2.69. The minimum absolute atomic E-state index is 0.0418. The number of furan rings is 1. The standard InChI is InChI=1S/C17H15N3O3/c1-9-4-5-15-12(6-9)14(20-23-15)7-16(21)19-17-13(8-18)10(2)11(3)22-17/h4-6H,7H2,1-3H3,(H,19,21). The molecule has 0 radical (unpaired) electrons. The van der Waals surface area contributed by atoms with Gasteiger partial charge in [0.1, 0.15) is 23.1 Å². The Kier molecular flexibility index (Phi) is 3.62. The normalized spacial score (nSPS) is 10.7. The van der Waals surface area contributed by atoms with Gasteiger partial charge in [0.2, 0.25) is 11.8 Å². The molecule has 6 nitrogen and oxygen atoms in total. The summed E-state index contributed by atoms with van der Waals surface area (Å²) in [6, 6.07) is 7.72. The molecule has 1 amide bonds. The lowest BCUT2D eigenvalue weighted by Crippen LogP contribution is -2.15. The molecule has 1 N–H and O–H groups in total. The minimum atomic E-state index is -0.313. The van der Waals surface area contributed by atoms with Crippen molar-refractivity contribution in [2.75, 3.05) is 5.32 Å². The number of hydrogen-bond donors (Lipinski definition) is 1. The molecule has 0 spiro atoms. The molecular weight excluding hydrogens is 294 g/mol. The van der Waals surface area contributed by atoms with Crippen LogP contribution in [-0.2, 0) is 11.2 Å². The van der Waals surface area contributed by atoms with Gasteiger partial charge < -0.3 is 8.94 Å². The van der Waals surface area contributed by atoms with Gasteiger partial charge in [-0.05, 0) is 32.9 Å². The summed E-state index contributed by atoms with van der Waals surface area (Å²) >= 11 is 0. The Hall–Kier alpha value is -3.07. The maximum atomic E-state index is 12.2. The smallest absolute Gasteiger partial charge is 0.232 e. The van der Waals surface area contributed by atoms with E-state index >= 15 is 0 Å². The zero-order valence-electron chi connectivity index (χ0n) is 13.1. The first-order valence-corrected chi connectivity index (χ1v) is 7.14. The van der Waals surface area contributed by atoms with Gasteiger partial charge in [-0.3, -0.25) is 10.1 Å². The first-order valence-electron chi connectivity index (χ1n) is 7.14. The zero-order chi connectivity index (χ0) is 16.6. The van der Waals surface area contributed by atoms with Gasteiger partial charge in [-0.1, -0.05) is 16.8 Å². The Morgan fingerprint density at radius 1 is 1.35 bits per heavy atom. The highest BCUT2D eigenvalue weighted by Gasteiger charge is 2.18. The van der Waals surface area contributed by atoms with Gasteiger partial charge in [0.15, 0.2) is 5.58 Å². The Labute approximate surface area is 132 Å². The van der Waals surface area contributed by atoms with E-state index in [0.717, 1.165) is 16.5 Å². The fraction of sp³-hybridized carbons (Fsp3) is 0.235. The van der Waals surface area contributed by atoms with E-state index in [0.29, 0.717) is 22.6 Å². The molecule has 3 rings (SSSR count). The summed E-state index contributed by atoms with van der Waals surface area (Å²) < 4.78 is 10.7. The molecule has 0 bridgehead atoms. The van der Waals surface area contributed by atoms with Gasteiger partial charge in [-0.2, -0.15) is 5.26 Å². The molecular formula is C17H15N3O3. The SMILES string of the molecule is Cc1ccc2onc(CC(=O)Nc3oc(C)c(C)c3C#N)c2c1. The lowest BCUT2D eigenvalue weighted by Gasteiger charge is -2.01.